The lowest BCUT2D eigenvalue weighted by molar-refractivity contribution is -0.0434. The molecule has 0 aromatic carbocycles. The molecule has 4 aliphatic carbocycles. The van der Waals surface area contributed by atoms with Crippen LogP contribution in [0, 0.1) is 46.3 Å². The third-order valence-corrected chi connectivity index (χ3v) is 7.69. The van der Waals surface area contributed by atoms with Gasteiger partial charge in [-0.3, -0.25) is 0 Å². The Labute approximate surface area is 151 Å². The topological polar surface area (TPSA) is 53.2 Å². The Morgan fingerprint density at radius 1 is 1.40 bits per heavy atom. The molecule has 0 aromatic heterocycles. The average Bonchev–Trinajstić information content (AvgIpc) is 3.10. The molecule has 7 atom stereocenters. The van der Waals surface area contributed by atoms with Crippen LogP contribution < -0.4 is 0 Å². The highest BCUT2D eigenvalue weighted by atomic mass is 16.5. The Morgan fingerprint density at radius 2 is 2.28 bits per heavy atom. The number of hydrogen-bond donors (Lipinski definition) is 1. The molecule has 0 radical (unpaired) electrons. The molecule has 134 valence electrons. The van der Waals surface area contributed by atoms with Crippen molar-refractivity contribution in [1.82, 2.24) is 0 Å². The van der Waals surface area contributed by atoms with Crippen molar-refractivity contribution in [3.63, 3.8) is 0 Å². The van der Waals surface area contributed by atoms with Crippen LogP contribution >= 0.6 is 0 Å². The Bertz CT molecular complexity index is 643. The molecule has 3 nitrogen and oxygen atoms in total. The monoisotopic (exact) mass is 339 g/mol. The Morgan fingerprint density at radius 3 is 3.04 bits per heavy atom. The van der Waals surface area contributed by atoms with Crippen LogP contribution in [0.4, 0.5) is 0 Å². The van der Waals surface area contributed by atoms with Crippen molar-refractivity contribution in [2.45, 2.75) is 44.6 Å². The van der Waals surface area contributed by atoms with Gasteiger partial charge in [0.1, 0.15) is 0 Å². The van der Waals surface area contributed by atoms with Crippen LogP contribution in [0.25, 0.3) is 0 Å². The zero-order valence-corrected chi connectivity index (χ0v) is 15.1. The minimum atomic E-state index is 0.113. The minimum Gasteiger partial charge on any atom is -0.396 e. The number of aliphatic hydroxyl groups is 1. The van der Waals surface area contributed by atoms with E-state index in [0.717, 1.165) is 25.7 Å². The van der Waals surface area contributed by atoms with E-state index in [2.05, 4.69) is 36.4 Å². The van der Waals surface area contributed by atoms with Gasteiger partial charge < -0.3 is 9.84 Å². The molecule has 0 saturated heterocycles. The summed E-state index contributed by atoms with van der Waals surface area (Å²) >= 11 is 0. The van der Waals surface area contributed by atoms with Crippen LogP contribution in [-0.2, 0) is 4.74 Å². The number of rotatable bonds is 4. The lowest BCUT2D eigenvalue weighted by Crippen LogP contribution is -2.49. The van der Waals surface area contributed by atoms with E-state index < -0.39 is 0 Å². The van der Waals surface area contributed by atoms with Crippen LogP contribution in [0.5, 0.6) is 0 Å². The summed E-state index contributed by atoms with van der Waals surface area (Å²) < 4.78 is 5.62. The summed E-state index contributed by atoms with van der Waals surface area (Å²) in [6.07, 6.45) is 18.1. The van der Waals surface area contributed by atoms with Crippen molar-refractivity contribution in [2.24, 2.45) is 35.0 Å². The Kier molecular flexibility index (Phi) is 4.60. The molecule has 4 rings (SSSR count). The fraction of sp³-hybridized carbons (Fsp3) is 0.682. The van der Waals surface area contributed by atoms with Gasteiger partial charge in [0, 0.05) is 26.1 Å². The van der Waals surface area contributed by atoms with Gasteiger partial charge in [0.15, 0.2) is 0 Å². The molecule has 25 heavy (non-hydrogen) atoms. The predicted octanol–water partition coefficient (Wildman–Crippen LogP) is 4.02. The summed E-state index contributed by atoms with van der Waals surface area (Å²) in [5, 5.41) is 19.2. The fourth-order valence-electron chi connectivity index (χ4n) is 6.43. The van der Waals surface area contributed by atoms with E-state index in [0.29, 0.717) is 30.1 Å². The smallest absolute Gasteiger partial charge is 0.0761 e. The van der Waals surface area contributed by atoms with Gasteiger partial charge in [-0.1, -0.05) is 30.4 Å². The largest absolute Gasteiger partial charge is 0.396 e. The summed E-state index contributed by atoms with van der Waals surface area (Å²) in [4.78, 5) is 0. The Balaban J connectivity index is 1.63. The fourth-order valence-corrected chi connectivity index (χ4v) is 6.43. The molecule has 0 aromatic rings. The van der Waals surface area contributed by atoms with Gasteiger partial charge in [0.25, 0.3) is 0 Å². The van der Waals surface area contributed by atoms with Crippen LogP contribution in [0.2, 0.25) is 0 Å². The molecule has 3 unspecified atom stereocenters. The number of allylic oxidation sites excluding steroid dienone is 5. The van der Waals surface area contributed by atoms with E-state index in [1.165, 1.54) is 12.0 Å². The molecule has 1 N–H and O–H groups in total. The van der Waals surface area contributed by atoms with Crippen LogP contribution in [0.1, 0.15) is 38.5 Å². The second-order valence-electron chi connectivity index (χ2n) is 8.41. The normalized spacial score (nSPS) is 42.8. The molecule has 0 amide bonds. The van der Waals surface area contributed by atoms with Crippen molar-refractivity contribution < 1.29 is 9.84 Å². The molecule has 0 aliphatic heterocycles. The lowest BCUT2D eigenvalue weighted by atomic mass is 9.50. The van der Waals surface area contributed by atoms with E-state index in [4.69, 9.17) is 4.74 Å². The van der Waals surface area contributed by atoms with Crippen molar-refractivity contribution >= 4 is 0 Å². The molecular weight excluding hydrogens is 310 g/mol. The van der Waals surface area contributed by atoms with Crippen molar-refractivity contribution in [3.05, 3.63) is 36.0 Å². The van der Waals surface area contributed by atoms with Gasteiger partial charge >= 0.3 is 0 Å². The summed E-state index contributed by atoms with van der Waals surface area (Å²) in [6, 6.07) is 2.33. The highest BCUT2D eigenvalue weighted by Crippen LogP contribution is 2.62. The summed E-state index contributed by atoms with van der Waals surface area (Å²) in [5.41, 5.74) is 1.63. The first-order valence-corrected chi connectivity index (χ1v) is 9.79. The first-order valence-electron chi connectivity index (χ1n) is 9.79. The molecule has 4 aliphatic rings. The summed E-state index contributed by atoms with van der Waals surface area (Å²) in [6.45, 7) is 0.141. The molecule has 1 fully saturated rings. The second-order valence-corrected chi connectivity index (χ2v) is 8.41. The number of nitrogens with zero attached hydrogens (tertiary/aromatic N) is 1. The van der Waals surface area contributed by atoms with Gasteiger partial charge in [-0.25, -0.2) is 0 Å². The van der Waals surface area contributed by atoms with Crippen molar-refractivity contribution in [1.29, 1.82) is 5.26 Å². The zero-order chi connectivity index (χ0) is 17.4. The number of nitriles is 1. The van der Waals surface area contributed by atoms with Crippen LogP contribution in [0.3, 0.4) is 0 Å². The highest BCUT2D eigenvalue weighted by molar-refractivity contribution is 5.32. The summed E-state index contributed by atoms with van der Waals surface area (Å²) in [7, 11) is 1.81. The number of fused-ring (bicyclic) bond motifs is 5. The number of ether oxygens (including phenoxy) is 1. The van der Waals surface area contributed by atoms with Crippen molar-refractivity contribution in [2.75, 3.05) is 13.7 Å². The van der Waals surface area contributed by atoms with Crippen LogP contribution in [0.15, 0.2) is 36.0 Å². The number of aliphatic hydroxyl groups excluding tert-OH is 1. The summed E-state index contributed by atoms with van der Waals surface area (Å²) in [5.74, 6) is 2.61. The zero-order valence-electron chi connectivity index (χ0n) is 15.1. The molecule has 0 bridgehead atoms. The van der Waals surface area contributed by atoms with Gasteiger partial charge in [0.2, 0.25) is 0 Å². The van der Waals surface area contributed by atoms with E-state index in [1.54, 1.807) is 0 Å². The number of methoxy groups -OCH3 is 1. The molecular formula is C22H29NO2. The van der Waals surface area contributed by atoms with Crippen molar-refractivity contribution in [3.8, 4) is 6.07 Å². The quantitative estimate of drug-likeness (QED) is 0.787. The molecule has 0 heterocycles. The third-order valence-electron chi connectivity index (χ3n) is 7.69. The third kappa shape index (κ3) is 2.62. The number of hydrogen-bond acceptors (Lipinski definition) is 3. The average molecular weight is 339 g/mol. The van der Waals surface area contributed by atoms with Gasteiger partial charge in [-0.15, -0.1) is 0 Å². The predicted molar refractivity (Wildman–Crippen MR) is 97.4 cm³/mol. The highest BCUT2D eigenvalue weighted by Gasteiger charge is 2.55. The van der Waals surface area contributed by atoms with Gasteiger partial charge in [-0.2, -0.15) is 5.26 Å². The molecule has 1 saturated carbocycles. The maximum atomic E-state index is 9.98. The van der Waals surface area contributed by atoms with E-state index >= 15 is 0 Å². The second kappa shape index (κ2) is 6.74. The minimum absolute atomic E-state index is 0.113. The van der Waals surface area contributed by atoms with Crippen LogP contribution in [-0.4, -0.2) is 24.9 Å². The van der Waals surface area contributed by atoms with Gasteiger partial charge in [-0.05, 0) is 66.8 Å². The lowest BCUT2D eigenvalue weighted by Gasteiger charge is -2.54. The molecule has 3 heteroatoms. The van der Waals surface area contributed by atoms with E-state index in [1.807, 2.05) is 7.11 Å². The van der Waals surface area contributed by atoms with Gasteiger partial charge in [0.05, 0.1) is 12.2 Å². The Hall–Kier alpha value is -1.37. The van der Waals surface area contributed by atoms with E-state index in [9.17, 15) is 10.4 Å². The first kappa shape index (κ1) is 17.1. The SMILES string of the molecule is COC1C=CC2=CC[C@@H]3[C@H](CCC4(C(CO)CC#N)CC=C[C@@H]34)[C@H]2C1. The standard InChI is InChI=1S/C22H29NO2/c1-25-17-6-4-15-5-7-19-18(20(15)13-17)8-11-22(10-2-3-21(19)22)16(14-24)9-12-23/h2-6,16-21,24H,7-11,13-14H2,1H3/t16?,17?,18-,19+,20-,21-,22?/m0/s1. The molecule has 0 spiro atoms. The maximum Gasteiger partial charge on any atom is 0.0761 e. The van der Waals surface area contributed by atoms with E-state index in [-0.39, 0.29) is 24.0 Å². The first-order chi connectivity index (χ1) is 12.2. The maximum absolute atomic E-state index is 9.98.